The molecule has 3 rings (SSSR count). The van der Waals surface area contributed by atoms with Crippen LogP contribution in [0.5, 0.6) is 0 Å². The van der Waals surface area contributed by atoms with Gasteiger partial charge in [0.2, 0.25) is 11.8 Å². The van der Waals surface area contributed by atoms with Crippen molar-refractivity contribution >= 4 is 11.8 Å². The Labute approximate surface area is 161 Å². The van der Waals surface area contributed by atoms with Gasteiger partial charge in [0.05, 0.1) is 12.6 Å². The van der Waals surface area contributed by atoms with E-state index in [9.17, 15) is 9.59 Å². The van der Waals surface area contributed by atoms with Crippen LogP contribution >= 0.6 is 0 Å². The molecule has 27 heavy (non-hydrogen) atoms. The maximum absolute atomic E-state index is 12.5. The molecule has 6 heteroatoms. The van der Waals surface area contributed by atoms with E-state index in [-0.39, 0.29) is 35.9 Å². The number of benzene rings is 1. The topological polar surface area (TPSA) is 76.4 Å². The first-order valence-corrected chi connectivity index (χ1v) is 9.55. The van der Waals surface area contributed by atoms with Crippen molar-refractivity contribution in [1.82, 2.24) is 15.1 Å². The Balaban J connectivity index is 1.68. The van der Waals surface area contributed by atoms with Gasteiger partial charge in [0.25, 0.3) is 0 Å². The average Bonchev–Trinajstić information content (AvgIpc) is 2.96. The quantitative estimate of drug-likeness (QED) is 0.805. The van der Waals surface area contributed by atoms with Crippen LogP contribution in [-0.4, -0.2) is 55.3 Å². The number of amides is 2. The van der Waals surface area contributed by atoms with Crippen LogP contribution in [0.15, 0.2) is 30.3 Å². The fourth-order valence-corrected chi connectivity index (χ4v) is 4.76. The number of nitriles is 1. The highest BCUT2D eigenvalue weighted by Crippen LogP contribution is 2.51. The first-order valence-electron chi connectivity index (χ1n) is 9.55. The highest BCUT2D eigenvalue weighted by atomic mass is 16.2. The summed E-state index contributed by atoms with van der Waals surface area (Å²) in [6, 6.07) is 12.5. The highest BCUT2D eigenvalue weighted by Gasteiger charge is 2.50. The third-order valence-electron chi connectivity index (χ3n) is 6.41. The summed E-state index contributed by atoms with van der Waals surface area (Å²) in [6.07, 6.45) is 4.48. The highest BCUT2D eigenvalue weighted by molar-refractivity contribution is 5.86. The van der Waals surface area contributed by atoms with Crippen LogP contribution in [0.25, 0.3) is 0 Å². The van der Waals surface area contributed by atoms with Crippen molar-refractivity contribution in [2.45, 2.75) is 37.6 Å². The van der Waals surface area contributed by atoms with Crippen molar-refractivity contribution < 1.29 is 9.59 Å². The fourth-order valence-electron chi connectivity index (χ4n) is 4.76. The van der Waals surface area contributed by atoms with E-state index in [1.165, 1.54) is 5.56 Å². The molecule has 2 amide bonds. The lowest BCUT2D eigenvalue weighted by Crippen LogP contribution is -2.47. The molecular formula is C21H28N4O2. The zero-order chi connectivity index (χ0) is 19.5. The maximum Gasteiger partial charge on any atom is 0.240 e. The van der Waals surface area contributed by atoms with Gasteiger partial charge >= 0.3 is 0 Å². The van der Waals surface area contributed by atoms with Crippen LogP contribution < -0.4 is 5.32 Å². The van der Waals surface area contributed by atoms with E-state index in [0.29, 0.717) is 13.0 Å². The zero-order valence-electron chi connectivity index (χ0n) is 16.2. The van der Waals surface area contributed by atoms with Crippen molar-refractivity contribution in [3.8, 4) is 6.07 Å². The number of carbonyl (C=O) groups is 2. The van der Waals surface area contributed by atoms with E-state index in [2.05, 4.69) is 48.6 Å². The van der Waals surface area contributed by atoms with Gasteiger partial charge in [-0.3, -0.25) is 14.5 Å². The van der Waals surface area contributed by atoms with Gasteiger partial charge in [-0.1, -0.05) is 30.3 Å². The molecule has 0 radical (unpaired) electrons. The fraction of sp³-hybridized carbons (Fsp3) is 0.571. The summed E-state index contributed by atoms with van der Waals surface area (Å²) in [5.74, 6) is -0.205. The SMILES string of the molecule is CN(C)C1(c2ccccc2)CCC2(CC1)CC(=O)N(CC(=O)NCC#N)C2. The summed E-state index contributed by atoms with van der Waals surface area (Å²) in [5, 5.41) is 11.1. The van der Waals surface area contributed by atoms with Crippen LogP contribution in [0.3, 0.4) is 0 Å². The molecule has 2 fully saturated rings. The van der Waals surface area contributed by atoms with Gasteiger partial charge in [-0.15, -0.1) is 0 Å². The lowest BCUT2D eigenvalue weighted by Gasteiger charge is -2.48. The minimum absolute atomic E-state index is 0.00709. The monoisotopic (exact) mass is 368 g/mol. The molecule has 1 aliphatic carbocycles. The molecule has 1 aromatic rings. The van der Waals surface area contributed by atoms with E-state index >= 15 is 0 Å². The molecule has 1 aliphatic heterocycles. The molecule has 2 aliphatic rings. The van der Waals surface area contributed by atoms with E-state index in [1.807, 2.05) is 12.1 Å². The predicted molar refractivity (Wildman–Crippen MR) is 103 cm³/mol. The Morgan fingerprint density at radius 2 is 1.89 bits per heavy atom. The third-order valence-corrected chi connectivity index (χ3v) is 6.41. The largest absolute Gasteiger partial charge is 0.341 e. The van der Waals surface area contributed by atoms with Crippen molar-refractivity contribution in [2.24, 2.45) is 5.41 Å². The molecule has 1 N–H and O–H groups in total. The van der Waals surface area contributed by atoms with Crippen LogP contribution in [0.4, 0.5) is 0 Å². The Kier molecular flexibility index (Phi) is 5.52. The number of likely N-dealkylation sites (tertiary alicyclic amines) is 1. The van der Waals surface area contributed by atoms with Gasteiger partial charge in [-0.25, -0.2) is 0 Å². The van der Waals surface area contributed by atoms with Crippen LogP contribution in [-0.2, 0) is 15.1 Å². The van der Waals surface area contributed by atoms with Gasteiger partial charge in [-0.05, 0) is 50.8 Å². The molecule has 1 heterocycles. The van der Waals surface area contributed by atoms with Gasteiger partial charge in [0.15, 0.2) is 0 Å². The second kappa shape index (κ2) is 7.69. The molecule has 0 bridgehead atoms. The number of hydrogen-bond acceptors (Lipinski definition) is 4. The summed E-state index contributed by atoms with van der Waals surface area (Å²) in [6.45, 7) is 0.679. The number of nitrogens with zero attached hydrogens (tertiary/aromatic N) is 3. The minimum atomic E-state index is -0.260. The minimum Gasteiger partial charge on any atom is -0.341 e. The van der Waals surface area contributed by atoms with E-state index in [4.69, 9.17) is 5.26 Å². The predicted octanol–water partition coefficient (Wildman–Crippen LogP) is 1.88. The normalized spacial score (nSPS) is 27.8. The number of rotatable bonds is 5. The van der Waals surface area contributed by atoms with E-state index in [0.717, 1.165) is 25.7 Å². The summed E-state index contributed by atoms with van der Waals surface area (Å²) in [5.41, 5.74) is 1.32. The molecule has 0 aromatic heterocycles. The van der Waals surface area contributed by atoms with Crippen molar-refractivity contribution in [1.29, 1.82) is 5.26 Å². The molecule has 1 saturated carbocycles. The Bertz CT molecular complexity index is 730. The average molecular weight is 368 g/mol. The number of carbonyl (C=O) groups excluding carboxylic acids is 2. The van der Waals surface area contributed by atoms with Crippen molar-refractivity contribution in [2.75, 3.05) is 33.7 Å². The van der Waals surface area contributed by atoms with Crippen molar-refractivity contribution in [3.63, 3.8) is 0 Å². The Hall–Kier alpha value is -2.39. The first kappa shape index (κ1) is 19.4. The van der Waals surface area contributed by atoms with Gasteiger partial charge in [0.1, 0.15) is 6.54 Å². The van der Waals surface area contributed by atoms with Crippen LogP contribution in [0.1, 0.15) is 37.7 Å². The lowest BCUT2D eigenvalue weighted by atomic mass is 9.64. The second-order valence-corrected chi connectivity index (χ2v) is 8.15. The smallest absolute Gasteiger partial charge is 0.240 e. The Morgan fingerprint density at radius 1 is 1.22 bits per heavy atom. The zero-order valence-corrected chi connectivity index (χ0v) is 16.2. The van der Waals surface area contributed by atoms with Crippen LogP contribution in [0, 0.1) is 16.7 Å². The van der Waals surface area contributed by atoms with Gasteiger partial charge in [-0.2, -0.15) is 5.26 Å². The molecule has 0 atom stereocenters. The maximum atomic E-state index is 12.5. The summed E-state index contributed by atoms with van der Waals surface area (Å²) >= 11 is 0. The first-order chi connectivity index (χ1) is 12.9. The Morgan fingerprint density at radius 3 is 2.48 bits per heavy atom. The second-order valence-electron chi connectivity index (χ2n) is 8.15. The molecule has 0 unspecified atom stereocenters. The molecule has 1 aromatic carbocycles. The van der Waals surface area contributed by atoms with Gasteiger partial charge < -0.3 is 10.2 Å². The van der Waals surface area contributed by atoms with Gasteiger partial charge in [0, 0.05) is 18.5 Å². The molecule has 1 spiro atoms. The number of nitrogens with one attached hydrogen (secondary N) is 1. The summed E-state index contributed by atoms with van der Waals surface area (Å²) in [4.78, 5) is 28.4. The summed E-state index contributed by atoms with van der Waals surface area (Å²) < 4.78 is 0. The molecular weight excluding hydrogens is 340 g/mol. The van der Waals surface area contributed by atoms with Crippen molar-refractivity contribution in [3.05, 3.63) is 35.9 Å². The lowest BCUT2D eigenvalue weighted by molar-refractivity contribution is -0.133. The molecule has 144 valence electrons. The molecule has 1 saturated heterocycles. The van der Waals surface area contributed by atoms with E-state index in [1.54, 1.807) is 4.90 Å². The molecule has 6 nitrogen and oxygen atoms in total. The number of hydrogen-bond donors (Lipinski definition) is 1. The summed E-state index contributed by atoms with van der Waals surface area (Å²) in [7, 11) is 4.27. The standard InChI is InChI=1S/C21H28N4O2/c1-24(2)21(17-6-4-3-5-7-17)10-8-20(9-11-21)14-19(27)25(16-20)15-18(26)23-13-12-22/h3-7H,8-11,13-16H2,1-2H3,(H,23,26). The van der Waals surface area contributed by atoms with E-state index < -0.39 is 0 Å². The third kappa shape index (κ3) is 3.84. The van der Waals surface area contributed by atoms with Crippen LogP contribution in [0.2, 0.25) is 0 Å².